The number of para-hydroxylation sites is 3. The van der Waals surface area contributed by atoms with E-state index < -0.39 is 24.8 Å². The number of halogens is 4. The average molecular weight is 374 g/mol. The van der Waals surface area contributed by atoms with Crippen LogP contribution in [0.4, 0.5) is 18.9 Å². The van der Waals surface area contributed by atoms with E-state index in [-0.39, 0.29) is 5.69 Å². The fraction of sp³-hybridized carbons (Fsp3) is 0.235. The van der Waals surface area contributed by atoms with Crippen molar-refractivity contribution in [1.29, 1.82) is 0 Å². The summed E-state index contributed by atoms with van der Waals surface area (Å²) in [7, 11) is 0. The number of amides is 1. The van der Waals surface area contributed by atoms with Crippen LogP contribution in [-0.2, 0) is 9.53 Å². The maximum absolute atomic E-state index is 12.2. The molecule has 0 saturated heterocycles. The molecule has 2 aromatic rings. The fourth-order valence-corrected chi connectivity index (χ4v) is 2.01. The number of carbonyl (C=O) groups is 1. The molecule has 2 aromatic carbocycles. The predicted octanol–water partition coefficient (Wildman–Crippen LogP) is 5.04. The molecule has 1 amide bonds. The van der Waals surface area contributed by atoms with E-state index in [9.17, 15) is 18.0 Å². The van der Waals surface area contributed by atoms with Gasteiger partial charge in [0.05, 0.1) is 10.7 Å². The lowest BCUT2D eigenvalue weighted by molar-refractivity contribution is -0.184. The Morgan fingerprint density at radius 3 is 2.36 bits per heavy atom. The quantitative estimate of drug-likeness (QED) is 0.771. The van der Waals surface area contributed by atoms with Crippen LogP contribution in [0.3, 0.4) is 0 Å². The first-order valence-electron chi connectivity index (χ1n) is 7.27. The summed E-state index contributed by atoms with van der Waals surface area (Å²) in [5.41, 5.74) is 0.287. The molecule has 0 aliphatic carbocycles. The molecule has 0 aliphatic heterocycles. The minimum Gasteiger partial charge on any atom is -0.454 e. The number of hydrogen-bond donors (Lipinski definition) is 1. The number of hydrogen-bond acceptors (Lipinski definition) is 3. The Hall–Kier alpha value is -2.25. The van der Waals surface area contributed by atoms with Gasteiger partial charge < -0.3 is 14.8 Å². The van der Waals surface area contributed by atoms with Gasteiger partial charge in [0.25, 0.3) is 5.91 Å². The number of anilines is 1. The third kappa shape index (κ3) is 5.95. The number of carbonyl (C=O) groups excluding carboxylic acids is 1. The lowest BCUT2D eigenvalue weighted by Gasteiger charge is -2.17. The number of alkyl halides is 3. The standard InChI is InChI=1S/C17H15ClF3NO3/c1-11(24-10-17(19,20)21)16(23)22-13-7-3-5-9-15(13)25-14-8-4-2-6-12(14)18/h2-9,11H,10H2,1H3,(H,22,23). The normalized spacial score (nSPS) is 12.5. The summed E-state index contributed by atoms with van der Waals surface area (Å²) in [6, 6.07) is 13.3. The van der Waals surface area contributed by atoms with E-state index in [1.54, 1.807) is 48.5 Å². The van der Waals surface area contributed by atoms with Gasteiger partial charge in [0, 0.05) is 0 Å². The Labute approximate surface area is 147 Å². The van der Waals surface area contributed by atoms with Crippen molar-refractivity contribution in [2.24, 2.45) is 0 Å². The van der Waals surface area contributed by atoms with Crippen LogP contribution in [0.1, 0.15) is 6.92 Å². The van der Waals surface area contributed by atoms with E-state index in [0.717, 1.165) is 0 Å². The van der Waals surface area contributed by atoms with Crippen molar-refractivity contribution in [1.82, 2.24) is 0 Å². The van der Waals surface area contributed by atoms with E-state index in [0.29, 0.717) is 16.5 Å². The molecule has 0 radical (unpaired) electrons. The van der Waals surface area contributed by atoms with Gasteiger partial charge in [-0.05, 0) is 31.2 Å². The maximum atomic E-state index is 12.2. The number of ether oxygens (including phenoxy) is 2. The molecule has 1 atom stereocenters. The van der Waals surface area contributed by atoms with Gasteiger partial charge in [0.15, 0.2) is 5.75 Å². The van der Waals surface area contributed by atoms with Gasteiger partial charge in [0.2, 0.25) is 0 Å². The molecule has 0 aliphatic rings. The lowest BCUT2D eigenvalue weighted by atomic mass is 10.2. The van der Waals surface area contributed by atoms with Crippen LogP contribution in [0.2, 0.25) is 5.02 Å². The highest BCUT2D eigenvalue weighted by molar-refractivity contribution is 6.32. The summed E-state index contributed by atoms with van der Waals surface area (Å²) < 4.78 is 46.7. The first-order chi connectivity index (χ1) is 11.8. The van der Waals surface area contributed by atoms with Crippen LogP contribution in [0, 0.1) is 0 Å². The van der Waals surface area contributed by atoms with Crippen molar-refractivity contribution in [3.8, 4) is 11.5 Å². The Kier molecular flexibility index (Phi) is 6.27. The van der Waals surface area contributed by atoms with Gasteiger partial charge in [-0.1, -0.05) is 35.9 Å². The molecule has 0 saturated carbocycles. The molecule has 2 rings (SSSR count). The van der Waals surface area contributed by atoms with Crippen molar-refractivity contribution in [2.75, 3.05) is 11.9 Å². The zero-order valence-electron chi connectivity index (χ0n) is 13.1. The Morgan fingerprint density at radius 2 is 1.72 bits per heavy atom. The summed E-state index contributed by atoms with van der Waals surface area (Å²) in [4.78, 5) is 12.0. The second-order valence-electron chi connectivity index (χ2n) is 5.09. The predicted molar refractivity (Wildman–Crippen MR) is 88.1 cm³/mol. The molecule has 134 valence electrons. The van der Waals surface area contributed by atoms with Gasteiger partial charge in [0.1, 0.15) is 18.5 Å². The summed E-state index contributed by atoms with van der Waals surface area (Å²) >= 11 is 6.03. The van der Waals surface area contributed by atoms with Crippen molar-refractivity contribution in [3.63, 3.8) is 0 Å². The summed E-state index contributed by atoms with van der Waals surface area (Å²) in [6.45, 7) is -0.266. The minimum absolute atomic E-state index is 0.287. The van der Waals surface area contributed by atoms with Crippen molar-refractivity contribution < 1.29 is 27.4 Å². The summed E-state index contributed by atoms with van der Waals surface area (Å²) in [5.74, 6) is -0.0429. The van der Waals surface area contributed by atoms with Crippen molar-refractivity contribution >= 4 is 23.2 Å². The third-order valence-corrected chi connectivity index (χ3v) is 3.38. The maximum Gasteiger partial charge on any atom is 0.411 e. The third-order valence-electron chi connectivity index (χ3n) is 3.07. The largest absolute Gasteiger partial charge is 0.454 e. The molecule has 25 heavy (non-hydrogen) atoms. The number of rotatable bonds is 6. The van der Waals surface area contributed by atoms with Crippen LogP contribution in [0.25, 0.3) is 0 Å². The van der Waals surface area contributed by atoms with E-state index >= 15 is 0 Å². The Bertz CT molecular complexity index is 737. The minimum atomic E-state index is -4.50. The highest BCUT2D eigenvalue weighted by Crippen LogP contribution is 2.33. The van der Waals surface area contributed by atoms with Gasteiger partial charge in [-0.2, -0.15) is 13.2 Å². The van der Waals surface area contributed by atoms with Crippen LogP contribution in [0.15, 0.2) is 48.5 Å². The van der Waals surface area contributed by atoms with Crippen molar-refractivity contribution in [3.05, 3.63) is 53.6 Å². The van der Waals surface area contributed by atoms with E-state index in [2.05, 4.69) is 10.1 Å². The first kappa shape index (κ1) is 19.1. The monoisotopic (exact) mass is 373 g/mol. The smallest absolute Gasteiger partial charge is 0.411 e. The molecule has 4 nitrogen and oxygen atoms in total. The summed E-state index contributed by atoms with van der Waals surface area (Å²) in [5, 5.41) is 2.87. The molecule has 1 N–H and O–H groups in total. The molecular weight excluding hydrogens is 359 g/mol. The zero-order valence-corrected chi connectivity index (χ0v) is 13.9. The topological polar surface area (TPSA) is 47.6 Å². The molecule has 0 fully saturated rings. The second kappa shape index (κ2) is 8.22. The highest BCUT2D eigenvalue weighted by atomic mass is 35.5. The molecular formula is C17H15ClF3NO3. The number of benzene rings is 2. The zero-order chi connectivity index (χ0) is 18.4. The van der Waals surface area contributed by atoms with E-state index in [1.807, 2.05) is 0 Å². The molecule has 0 spiro atoms. The average Bonchev–Trinajstić information content (AvgIpc) is 2.55. The van der Waals surface area contributed by atoms with Crippen LogP contribution in [-0.4, -0.2) is 24.8 Å². The Morgan fingerprint density at radius 1 is 1.12 bits per heavy atom. The highest BCUT2D eigenvalue weighted by Gasteiger charge is 2.30. The first-order valence-corrected chi connectivity index (χ1v) is 7.64. The molecule has 1 unspecified atom stereocenters. The van der Waals surface area contributed by atoms with Gasteiger partial charge in [-0.3, -0.25) is 4.79 Å². The van der Waals surface area contributed by atoms with E-state index in [1.165, 1.54) is 6.92 Å². The molecule has 8 heteroatoms. The van der Waals surface area contributed by atoms with Gasteiger partial charge >= 0.3 is 6.18 Å². The second-order valence-corrected chi connectivity index (χ2v) is 5.49. The van der Waals surface area contributed by atoms with Crippen LogP contribution < -0.4 is 10.1 Å². The molecule has 0 bridgehead atoms. The summed E-state index contributed by atoms with van der Waals surface area (Å²) in [6.07, 6.45) is -5.78. The van der Waals surface area contributed by atoms with Crippen LogP contribution >= 0.6 is 11.6 Å². The van der Waals surface area contributed by atoms with Crippen LogP contribution in [0.5, 0.6) is 11.5 Å². The van der Waals surface area contributed by atoms with Crippen molar-refractivity contribution in [2.45, 2.75) is 19.2 Å². The fourth-order valence-electron chi connectivity index (χ4n) is 1.83. The van der Waals surface area contributed by atoms with Gasteiger partial charge in [-0.15, -0.1) is 0 Å². The number of nitrogens with one attached hydrogen (secondary N) is 1. The van der Waals surface area contributed by atoms with E-state index in [4.69, 9.17) is 16.3 Å². The lowest BCUT2D eigenvalue weighted by Crippen LogP contribution is -2.31. The molecule has 0 aromatic heterocycles. The molecule has 0 heterocycles. The van der Waals surface area contributed by atoms with Gasteiger partial charge in [-0.25, -0.2) is 0 Å². The Balaban J connectivity index is 2.07. The SMILES string of the molecule is CC(OCC(F)(F)F)C(=O)Nc1ccccc1Oc1ccccc1Cl.